The van der Waals surface area contributed by atoms with Crippen molar-refractivity contribution in [1.82, 2.24) is 9.97 Å². The molecule has 6 heteroatoms. The van der Waals surface area contributed by atoms with Crippen LogP contribution in [0.1, 0.15) is 17.3 Å². The zero-order valence-electron chi connectivity index (χ0n) is 15.2. The average Bonchev–Trinajstić information content (AvgIpc) is 3.13. The van der Waals surface area contributed by atoms with Crippen LogP contribution >= 0.6 is 11.6 Å². The molecule has 0 bridgehead atoms. The van der Waals surface area contributed by atoms with Crippen LogP contribution in [0.15, 0.2) is 66.7 Å². The van der Waals surface area contributed by atoms with Crippen LogP contribution in [0.25, 0.3) is 22.4 Å². The third kappa shape index (κ3) is 3.70. The Labute approximate surface area is 167 Å². The molecule has 2 N–H and O–H groups in total. The minimum absolute atomic E-state index is 0.199. The molecular weight excluding hydrogens is 374 g/mol. The van der Waals surface area contributed by atoms with Gasteiger partial charge in [0.05, 0.1) is 23.3 Å². The third-order valence-electron chi connectivity index (χ3n) is 4.30. The van der Waals surface area contributed by atoms with E-state index in [2.05, 4.69) is 15.3 Å². The van der Waals surface area contributed by atoms with Crippen LogP contribution in [0.3, 0.4) is 0 Å². The Kier molecular flexibility index (Phi) is 5.00. The molecule has 0 spiro atoms. The van der Waals surface area contributed by atoms with Crippen molar-refractivity contribution in [3.05, 3.63) is 77.3 Å². The lowest BCUT2D eigenvalue weighted by atomic mass is 10.1. The molecule has 0 unspecified atom stereocenters. The van der Waals surface area contributed by atoms with Gasteiger partial charge < -0.3 is 15.0 Å². The van der Waals surface area contributed by atoms with Gasteiger partial charge in [-0.2, -0.15) is 0 Å². The Hall–Kier alpha value is -3.31. The minimum atomic E-state index is -0.199. The van der Waals surface area contributed by atoms with E-state index in [0.717, 1.165) is 22.4 Å². The summed E-state index contributed by atoms with van der Waals surface area (Å²) in [5.74, 6) is 1.18. The summed E-state index contributed by atoms with van der Waals surface area (Å²) in [5.41, 5.74) is 3.80. The number of hydrogen-bond donors (Lipinski definition) is 2. The van der Waals surface area contributed by atoms with E-state index in [1.165, 1.54) is 0 Å². The van der Waals surface area contributed by atoms with Crippen LogP contribution in [-0.2, 0) is 0 Å². The first kappa shape index (κ1) is 18.1. The summed E-state index contributed by atoms with van der Waals surface area (Å²) in [6, 6.07) is 20.2. The molecule has 0 aliphatic heterocycles. The molecule has 0 aliphatic carbocycles. The van der Waals surface area contributed by atoms with Crippen LogP contribution in [0.2, 0.25) is 5.02 Å². The van der Waals surface area contributed by atoms with Gasteiger partial charge >= 0.3 is 0 Å². The predicted molar refractivity (Wildman–Crippen MR) is 112 cm³/mol. The number of amides is 1. The molecule has 0 saturated heterocycles. The Morgan fingerprint density at radius 2 is 1.89 bits per heavy atom. The fourth-order valence-electron chi connectivity index (χ4n) is 2.94. The van der Waals surface area contributed by atoms with Gasteiger partial charge in [0.25, 0.3) is 5.91 Å². The maximum absolute atomic E-state index is 12.6. The molecule has 0 radical (unpaired) electrons. The van der Waals surface area contributed by atoms with E-state index in [1.54, 1.807) is 12.1 Å². The largest absolute Gasteiger partial charge is 0.492 e. The molecular formula is C22H18ClN3O2. The number of rotatable bonds is 5. The second kappa shape index (κ2) is 7.74. The highest BCUT2D eigenvalue weighted by Crippen LogP contribution is 2.26. The number of benzene rings is 3. The molecule has 1 heterocycles. The monoisotopic (exact) mass is 391 g/mol. The molecule has 0 atom stereocenters. The summed E-state index contributed by atoms with van der Waals surface area (Å²) >= 11 is 6.03. The molecule has 140 valence electrons. The Morgan fingerprint density at radius 3 is 2.68 bits per heavy atom. The van der Waals surface area contributed by atoms with E-state index < -0.39 is 0 Å². The summed E-state index contributed by atoms with van der Waals surface area (Å²) in [4.78, 5) is 20.4. The van der Waals surface area contributed by atoms with Crippen molar-refractivity contribution >= 4 is 34.2 Å². The lowest BCUT2D eigenvalue weighted by Crippen LogP contribution is -2.12. The lowest BCUT2D eigenvalue weighted by molar-refractivity contribution is 0.102. The van der Waals surface area contributed by atoms with Crippen molar-refractivity contribution in [3.63, 3.8) is 0 Å². The van der Waals surface area contributed by atoms with Gasteiger partial charge in [-0.05, 0) is 49.4 Å². The number of ether oxygens (including phenoxy) is 1. The molecule has 0 fully saturated rings. The summed E-state index contributed by atoms with van der Waals surface area (Å²) < 4.78 is 5.55. The fourth-order valence-corrected chi connectivity index (χ4v) is 3.12. The van der Waals surface area contributed by atoms with E-state index in [0.29, 0.717) is 28.6 Å². The first-order valence-corrected chi connectivity index (χ1v) is 9.30. The number of nitrogens with zero attached hydrogens (tertiary/aromatic N) is 1. The normalized spacial score (nSPS) is 10.8. The highest BCUT2D eigenvalue weighted by Gasteiger charge is 2.11. The van der Waals surface area contributed by atoms with Crippen LogP contribution < -0.4 is 10.1 Å². The molecule has 3 aromatic carbocycles. The number of imidazole rings is 1. The Balaban J connectivity index is 1.55. The van der Waals surface area contributed by atoms with Crippen LogP contribution in [0.4, 0.5) is 5.69 Å². The second-order valence-electron chi connectivity index (χ2n) is 6.21. The summed E-state index contributed by atoms with van der Waals surface area (Å²) in [6.45, 7) is 2.44. The summed E-state index contributed by atoms with van der Waals surface area (Å²) in [7, 11) is 0. The van der Waals surface area contributed by atoms with Crippen molar-refractivity contribution in [2.24, 2.45) is 0 Å². The van der Waals surface area contributed by atoms with Crippen LogP contribution in [0, 0.1) is 0 Å². The quantitative estimate of drug-likeness (QED) is 0.469. The topological polar surface area (TPSA) is 67.0 Å². The third-order valence-corrected chi connectivity index (χ3v) is 4.53. The van der Waals surface area contributed by atoms with E-state index in [1.807, 2.05) is 61.5 Å². The first-order chi connectivity index (χ1) is 13.6. The van der Waals surface area contributed by atoms with E-state index in [-0.39, 0.29) is 5.91 Å². The van der Waals surface area contributed by atoms with Crippen molar-refractivity contribution in [2.75, 3.05) is 11.9 Å². The number of para-hydroxylation sites is 2. The van der Waals surface area contributed by atoms with Gasteiger partial charge in [-0.25, -0.2) is 4.98 Å². The van der Waals surface area contributed by atoms with Crippen molar-refractivity contribution in [3.8, 4) is 17.1 Å². The van der Waals surface area contributed by atoms with Gasteiger partial charge in [0.15, 0.2) is 0 Å². The number of anilines is 1. The molecule has 1 amide bonds. The fraction of sp³-hybridized carbons (Fsp3) is 0.0909. The molecule has 5 nitrogen and oxygen atoms in total. The first-order valence-electron chi connectivity index (χ1n) is 8.93. The number of aromatic nitrogens is 2. The van der Waals surface area contributed by atoms with Gasteiger partial charge in [0.2, 0.25) is 0 Å². The number of nitrogens with one attached hydrogen (secondary N) is 2. The highest BCUT2D eigenvalue weighted by molar-refractivity contribution is 6.31. The van der Waals surface area contributed by atoms with Gasteiger partial charge in [-0.15, -0.1) is 0 Å². The van der Waals surface area contributed by atoms with Crippen molar-refractivity contribution < 1.29 is 9.53 Å². The van der Waals surface area contributed by atoms with Crippen molar-refractivity contribution in [2.45, 2.75) is 6.92 Å². The van der Waals surface area contributed by atoms with Gasteiger partial charge in [-0.1, -0.05) is 35.9 Å². The molecule has 28 heavy (non-hydrogen) atoms. The molecule has 1 aromatic heterocycles. The average molecular weight is 392 g/mol. The Morgan fingerprint density at radius 1 is 1.11 bits per heavy atom. The van der Waals surface area contributed by atoms with E-state index >= 15 is 0 Å². The Bertz CT molecular complexity index is 1140. The number of H-pyrrole nitrogens is 1. The number of carbonyl (C=O) groups excluding carboxylic acids is 1. The number of aromatic amines is 1. The second-order valence-corrected chi connectivity index (χ2v) is 6.64. The van der Waals surface area contributed by atoms with Crippen molar-refractivity contribution in [1.29, 1.82) is 0 Å². The zero-order chi connectivity index (χ0) is 19.5. The zero-order valence-corrected chi connectivity index (χ0v) is 16.0. The molecule has 0 aliphatic rings. The van der Waals surface area contributed by atoms with Crippen LogP contribution in [-0.4, -0.2) is 22.5 Å². The van der Waals surface area contributed by atoms with Crippen LogP contribution in [0.5, 0.6) is 5.75 Å². The van der Waals surface area contributed by atoms with Gasteiger partial charge in [0.1, 0.15) is 11.6 Å². The number of fused-ring (bicyclic) bond motifs is 1. The maximum atomic E-state index is 12.6. The van der Waals surface area contributed by atoms with E-state index in [4.69, 9.17) is 16.3 Å². The number of hydrogen-bond acceptors (Lipinski definition) is 3. The standard InChI is InChI=1S/C22H18ClN3O2/c1-2-28-20-6-4-3-5-18(20)26-22(27)15-9-7-14(8-10-15)21-24-17-12-11-16(23)13-19(17)25-21/h3-13H,2H2,1H3,(H,24,25)(H,26,27). The maximum Gasteiger partial charge on any atom is 0.255 e. The van der Waals surface area contributed by atoms with Gasteiger partial charge in [0, 0.05) is 16.1 Å². The number of halogens is 1. The minimum Gasteiger partial charge on any atom is -0.492 e. The molecule has 4 rings (SSSR count). The lowest BCUT2D eigenvalue weighted by Gasteiger charge is -2.11. The molecule has 4 aromatic rings. The van der Waals surface area contributed by atoms with Gasteiger partial charge in [-0.3, -0.25) is 4.79 Å². The summed E-state index contributed by atoms with van der Waals surface area (Å²) in [6.07, 6.45) is 0. The molecule has 0 saturated carbocycles. The van der Waals surface area contributed by atoms with E-state index in [9.17, 15) is 4.79 Å². The smallest absolute Gasteiger partial charge is 0.255 e. The predicted octanol–water partition coefficient (Wildman–Crippen LogP) is 5.53. The summed E-state index contributed by atoms with van der Waals surface area (Å²) in [5, 5.41) is 3.55. The number of carbonyl (C=O) groups is 1. The SMILES string of the molecule is CCOc1ccccc1NC(=O)c1ccc(-c2nc3ccc(Cl)cc3[nH]2)cc1. The highest BCUT2D eigenvalue weighted by atomic mass is 35.5.